The van der Waals surface area contributed by atoms with Gasteiger partial charge in [-0.15, -0.1) is 0 Å². The van der Waals surface area contributed by atoms with Crippen LogP contribution >= 0.6 is 0 Å². The van der Waals surface area contributed by atoms with Gasteiger partial charge in [-0.2, -0.15) is 0 Å². The first-order chi connectivity index (χ1) is 8.27. The van der Waals surface area contributed by atoms with Crippen LogP contribution in [0.3, 0.4) is 0 Å². The second-order valence-electron chi connectivity index (χ2n) is 5.14. The summed E-state index contributed by atoms with van der Waals surface area (Å²) in [5.74, 6) is 0.490. The Morgan fingerprint density at radius 2 is 1.82 bits per heavy atom. The Bertz CT molecular complexity index is 210. The number of nitrogens with one attached hydrogen (secondary N) is 1. The van der Waals surface area contributed by atoms with Crippen molar-refractivity contribution >= 4 is 5.91 Å². The summed E-state index contributed by atoms with van der Waals surface area (Å²) in [6.45, 7) is 5.69. The number of likely N-dealkylation sites (tertiary alicyclic amines) is 1. The SMILES string of the molecule is CCCCCCCN1CCC(C(=O)NC)CC1. The Balaban J connectivity index is 2.05. The number of carbonyl (C=O) groups is 1. The van der Waals surface area contributed by atoms with E-state index in [-0.39, 0.29) is 11.8 Å². The molecule has 0 unspecified atom stereocenters. The number of piperidine rings is 1. The van der Waals surface area contributed by atoms with E-state index in [1.54, 1.807) is 7.05 Å². The van der Waals surface area contributed by atoms with Gasteiger partial charge in [0.05, 0.1) is 0 Å². The normalized spacial score (nSPS) is 18.2. The van der Waals surface area contributed by atoms with Gasteiger partial charge in [-0.05, 0) is 38.9 Å². The van der Waals surface area contributed by atoms with Crippen molar-refractivity contribution in [3.8, 4) is 0 Å². The summed E-state index contributed by atoms with van der Waals surface area (Å²) < 4.78 is 0. The number of rotatable bonds is 7. The van der Waals surface area contributed by atoms with Crippen LogP contribution in [-0.2, 0) is 4.79 Å². The summed E-state index contributed by atoms with van der Waals surface area (Å²) in [7, 11) is 1.74. The van der Waals surface area contributed by atoms with Crippen LogP contribution in [0.15, 0.2) is 0 Å². The van der Waals surface area contributed by atoms with Crippen molar-refractivity contribution in [3.63, 3.8) is 0 Å². The second kappa shape index (κ2) is 8.51. The van der Waals surface area contributed by atoms with E-state index >= 15 is 0 Å². The molecule has 1 heterocycles. The average Bonchev–Trinajstić information content (AvgIpc) is 2.38. The molecule has 0 bridgehead atoms. The highest BCUT2D eigenvalue weighted by atomic mass is 16.1. The van der Waals surface area contributed by atoms with Gasteiger partial charge >= 0.3 is 0 Å². The molecule has 0 aliphatic carbocycles. The standard InChI is InChI=1S/C14H28N2O/c1-3-4-5-6-7-10-16-11-8-13(9-12-16)14(17)15-2/h13H,3-12H2,1-2H3,(H,15,17). The summed E-state index contributed by atoms with van der Waals surface area (Å²) in [4.78, 5) is 14.0. The van der Waals surface area contributed by atoms with Gasteiger partial charge < -0.3 is 10.2 Å². The maximum absolute atomic E-state index is 11.5. The minimum absolute atomic E-state index is 0.229. The van der Waals surface area contributed by atoms with E-state index < -0.39 is 0 Å². The fourth-order valence-electron chi connectivity index (χ4n) is 2.56. The van der Waals surface area contributed by atoms with Crippen LogP contribution in [0, 0.1) is 5.92 Å². The minimum Gasteiger partial charge on any atom is -0.359 e. The molecule has 1 amide bonds. The minimum atomic E-state index is 0.229. The summed E-state index contributed by atoms with van der Waals surface area (Å²) in [5, 5.41) is 2.76. The Kier molecular flexibility index (Phi) is 7.25. The van der Waals surface area contributed by atoms with Crippen molar-refractivity contribution in [2.75, 3.05) is 26.7 Å². The van der Waals surface area contributed by atoms with Crippen molar-refractivity contribution in [1.29, 1.82) is 0 Å². The van der Waals surface area contributed by atoms with Gasteiger partial charge in [-0.25, -0.2) is 0 Å². The van der Waals surface area contributed by atoms with Gasteiger partial charge in [0, 0.05) is 13.0 Å². The van der Waals surface area contributed by atoms with Gasteiger partial charge in [-0.3, -0.25) is 4.79 Å². The molecule has 0 aromatic carbocycles. The van der Waals surface area contributed by atoms with Crippen LogP contribution < -0.4 is 5.32 Å². The van der Waals surface area contributed by atoms with Crippen LogP contribution in [0.2, 0.25) is 0 Å². The summed E-state index contributed by atoms with van der Waals surface area (Å²) in [5.41, 5.74) is 0. The van der Waals surface area contributed by atoms with Crippen molar-refractivity contribution in [3.05, 3.63) is 0 Å². The molecule has 1 aliphatic heterocycles. The molecule has 3 heteroatoms. The number of nitrogens with zero attached hydrogens (tertiary/aromatic N) is 1. The Labute approximate surface area is 106 Å². The molecule has 1 rings (SSSR count). The number of amides is 1. The zero-order valence-corrected chi connectivity index (χ0v) is 11.5. The lowest BCUT2D eigenvalue weighted by Crippen LogP contribution is -2.39. The third kappa shape index (κ3) is 5.53. The Morgan fingerprint density at radius 1 is 1.18 bits per heavy atom. The fourth-order valence-corrected chi connectivity index (χ4v) is 2.56. The third-order valence-electron chi connectivity index (χ3n) is 3.78. The van der Waals surface area contributed by atoms with E-state index in [9.17, 15) is 4.79 Å². The second-order valence-corrected chi connectivity index (χ2v) is 5.14. The summed E-state index contributed by atoms with van der Waals surface area (Å²) in [6.07, 6.45) is 8.83. The molecule has 0 radical (unpaired) electrons. The molecule has 0 aromatic rings. The lowest BCUT2D eigenvalue weighted by molar-refractivity contribution is -0.125. The van der Waals surface area contributed by atoms with Crippen LogP contribution in [-0.4, -0.2) is 37.5 Å². The number of carbonyl (C=O) groups excluding carboxylic acids is 1. The van der Waals surface area contributed by atoms with Crippen LogP contribution in [0.5, 0.6) is 0 Å². The molecule has 100 valence electrons. The Hall–Kier alpha value is -0.570. The van der Waals surface area contributed by atoms with E-state index in [2.05, 4.69) is 17.1 Å². The lowest BCUT2D eigenvalue weighted by atomic mass is 9.96. The first kappa shape index (κ1) is 14.5. The highest BCUT2D eigenvalue weighted by molar-refractivity contribution is 5.78. The number of unbranched alkanes of at least 4 members (excludes halogenated alkanes) is 4. The van der Waals surface area contributed by atoms with E-state index in [0.29, 0.717) is 0 Å². The first-order valence-electron chi connectivity index (χ1n) is 7.22. The summed E-state index contributed by atoms with van der Waals surface area (Å²) >= 11 is 0. The maximum atomic E-state index is 11.5. The number of hydrogen-bond donors (Lipinski definition) is 1. The molecule has 1 aliphatic rings. The quantitative estimate of drug-likeness (QED) is 0.693. The predicted molar refractivity (Wildman–Crippen MR) is 72.0 cm³/mol. The van der Waals surface area contributed by atoms with Crippen LogP contribution in [0.4, 0.5) is 0 Å². The van der Waals surface area contributed by atoms with E-state index in [1.165, 1.54) is 38.6 Å². The monoisotopic (exact) mass is 240 g/mol. The van der Waals surface area contributed by atoms with Gasteiger partial charge in [-0.1, -0.05) is 32.6 Å². The molecule has 17 heavy (non-hydrogen) atoms. The lowest BCUT2D eigenvalue weighted by Gasteiger charge is -2.30. The van der Waals surface area contributed by atoms with E-state index in [4.69, 9.17) is 0 Å². The third-order valence-corrected chi connectivity index (χ3v) is 3.78. The highest BCUT2D eigenvalue weighted by Gasteiger charge is 2.23. The average molecular weight is 240 g/mol. The Morgan fingerprint density at radius 3 is 2.41 bits per heavy atom. The van der Waals surface area contributed by atoms with E-state index in [0.717, 1.165) is 25.9 Å². The topological polar surface area (TPSA) is 32.3 Å². The van der Waals surface area contributed by atoms with Crippen LogP contribution in [0.1, 0.15) is 51.9 Å². The number of hydrogen-bond acceptors (Lipinski definition) is 2. The molecular formula is C14H28N2O. The van der Waals surface area contributed by atoms with Gasteiger partial charge in [0.15, 0.2) is 0 Å². The molecule has 3 nitrogen and oxygen atoms in total. The smallest absolute Gasteiger partial charge is 0.222 e. The van der Waals surface area contributed by atoms with Gasteiger partial charge in [0.2, 0.25) is 5.91 Å². The first-order valence-corrected chi connectivity index (χ1v) is 7.22. The predicted octanol–water partition coefficient (Wildman–Crippen LogP) is 2.41. The fraction of sp³-hybridized carbons (Fsp3) is 0.929. The van der Waals surface area contributed by atoms with Crippen molar-refractivity contribution in [2.24, 2.45) is 5.92 Å². The zero-order valence-electron chi connectivity index (χ0n) is 11.5. The van der Waals surface area contributed by atoms with Gasteiger partial charge in [0.1, 0.15) is 0 Å². The molecule has 0 atom stereocenters. The van der Waals surface area contributed by atoms with Crippen molar-refractivity contribution < 1.29 is 4.79 Å². The van der Waals surface area contributed by atoms with Crippen molar-refractivity contribution in [1.82, 2.24) is 10.2 Å². The molecule has 0 spiro atoms. The summed E-state index contributed by atoms with van der Waals surface area (Å²) in [6, 6.07) is 0. The van der Waals surface area contributed by atoms with Crippen LogP contribution in [0.25, 0.3) is 0 Å². The molecular weight excluding hydrogens is 212 g/mol. The highest BCUT2D eigenvalue weighted by Crippen LogP contribution is 2.17. The zero-order chi connectivity index (χ0) is 12.5. The molecule has 0 saturated carbocycles. The molecule has 0 aromatic heterocycles. The van der Waals surface area contributed by atoms with E-state index in [1.807, 2.05) is 0 Å². The molecule has 1 fully saturated rings. The van der Waals surface area contributed by atoms with Crippen molar-refractivity contribution in [2.45, 2.75) is 51.9 Å². The molecule has 1 N–H and O–H groups in total. The molecule has 1 saturated heterocycles. The largest absolute Gasteiger partial charge is 0.359 e. The van der Waals surface area contributed by atoms with Gasteiger partial charge in [0.25, 0.3) is 0 Å². The maximum Gasteiger partial charge on any atom is 0.222 e.